The Morgan fingerprint density at radius 1 is 0.758 bits per heavy atom. The lowest BCUT2D eigenvalue weighted by molar-refractivity contribution is -0.214. The maximum Gasteiger partial charge on any atom is 0.122 e. The molecule has 0 aromatic carbocycles. The lowest BCUT2D eigenvalue weighted by Gasteiger charge is -2.68. The minimum absolute atomic E-state index is 0.0507. The number of nitrogens with one attached hydrogen (secondary N) is 1. The van der Waals surface area contributed by atoms with E-state index < -0.39 is 0 Å². The van der Waals surface area contributed by atoms with Gasteiger partial charge in [0.2, 0.25) is 0 Å². The number of fused-ring (bicyclic) bond motifs is 7. The fourth-order valence-electron chi connectivity index (χ4n) is 11.9. The van der Waals surface area contributed by atoms with Crippen molar-refractivity contribution < 1.29 is 9.84 Å². The van der Waals surface area contributed by atoms with E-state index in [9.17, 15) is 5.11 Å². The first-order valence-corrected chi connectivity index (χ1v) is 14.5. The van der Waals surface area contributed by atoms with E-state index >= 15 is 0 Å². The summed E-state index contributed by atoms with van der Waals surface area (Å²) in [4.78, 5) is 0. The molecule has 3 nitrogen and oxygen atoms in total. The number of aliphatic hydroxyl groups is 1. The highest BCUT2D eigenvalue weighted by molar-refractivity contribution is 5.20. The molecule has 2 saturated heterocycles. The second-order valence-corrected chi connectivity index (χ2v) is 15.2. The van der Waals surface area contributed by atoms with E-state index in [1.54, 1.807) is 0 Å². The number of rotatable bonds is 0. The summed E-state index contributed by atoms with van der Waals surface area (Å²) in [5.74, 6) is 4.33. The van der Waals surface area contributed by atoms with Gasteiger partial charge < -0.3 is 9.84 Å². The van der Waals surface area contributed by atoms with Crippen molar-refractivity contribution in [2.45, 2.75) is 124 Å². The Morgan fingerprint density at radius 3 is 2.09 bits per heavy atom. The zero-order valence-corrected chi connectivity index (χ0v) is 22.5. The minimum atomic E-state index is -0.129. The van der Waals surface area contributed by atoms with E-state index in [0.717, 1.165) is 30.7 Å². The molecule has 6 fully saturated rings. The van der Waals surface area contributed by atoms with Crippen LogP contribution in [0.4, 0.5) is 0 Å². The van der Waals surface area contributed by atoms with Crippen LogP contribution >= 0.6 is 0 Å². The van der Waals surface area contributed by atoms with Crippen LogP contribution in [0.1, 0.15) is 106 Å². The summed E-state index contributed by atoms with van der Waals surface area (Å²) in [5, 5.41) is 14.8. The lowest BCUT2D eigenvalue weighted by Crippen LogP contribution is -2.63. The van der Waals surface area contributed by atoms with Gasteiger partial charge in [-0.1, -0.05) is 48.5 Å². The van der Waals surface area contributed by atoms with Gasteiger partial charge in [-0.3, -0.25) is 5.32 Å². The smallest absolute Gasteiger partial charge is 0.122 e. The molecule has 4 saturated carbocycles. The SMILES string of the molecule is CC1CC[C@]2(NC1)OC1CC3[C@]4(C)CCC5C(C)(C)[C@@H](O)CC[C@]5(C)C4CC[C@]3(C)C1C2C. The fourth-order valence-corrected chi connectivity index (χ4v) is 11.9. The number of ether oxygens (including phenoxy) is 1. The molecule has 0 amide bonds. The first kappa shape index (κ1) is 23.3. The van der Waals surface area contributed by atoms with Crippen LogP contribution in [0, 0.1) is 57.2 Å². The van der Waals surface area contributed by atoms with Crippen LogP contribution in [-0.2, 0) is 4.74 Å². The molecule has 4 aliphatic carbocycles. The summed E-state index contributed by atoms with van der Waals surface area (Å²) in [5.41, 5.74) is 1.21. The van der Waals surface area contributed by atoms with E-state index in [0.29, 0.717) is 40.1 Å². The van der Waals surface area contributed by atoms with Gasteiger partial charge in [0, 0.05) is 12.5 Å². The number of hydrogen-bond donors (Lipinski definition) is 2. The minimum Gasteiger partial charge on any atom is -0.393 e. The van der Waals surface area contributed by atoms with E-state index in [4.69, 9.17) is 4.74 Å². The molecular formula is C30H51NO2. The molecule has 6 aliphatic rings. The fraction of sp³-hybridized carbons (Fsp3) is 1.00. The highest BCUT2D eigenvalue weighted by Crippen LogP contribution is 2.76. The van der Waals surface area contributed by atoms with Crippen molar-refractivity contribution in [3.05, 3.63) is 0 Å². The Labute approximate surface area is 203 Å². The highest BCUT2D eigenvalue weighted by Gasteiger charge is 2.72. The maximum absolute atomic E-state index is 10.9. The summed E-state index contributed by atoms with van der Waals surface area (Å²) >= 11 is 0. The third-order valence-corrected chi connectivity index (χ3v) is 13.7. The predicted molar refractivity (Wildman–Crippen MR) is 134 cm³/mol. The molecule has 0 bridgehead atoms. The van der Waals surface area contributed by atoms with Gasteiger partial charge in [-0.15, -0.1) is 0 Å². The van der Waals surface area contributed by atoms with Gasteiger partial charge in [0.1, 0.15) is 5.72 Å². The van der Waals surface area contributed by atoms with Crippen LogP contribution in [0.3, 0.4) is 0 Å². The van der Waals surface area contributed by atoms with Crippen molar-refractivity contribution in [1.82, 2.24) is 5.32 Å². The van der Waals surface area contributed by atoms with Crippen molar-refractivity contribution in [2.75, 3.05) is 6.54 Å². The molecule has 2 heterocycles. The number of piperidine rings is 1. The quantitative estimate of drug-likeness (QED) is 0.443. The van der Waals surface area contributed by atoms with Crippen LogP contribution in [0.15, 0.2) is 0 Å². The number of aliphatic hydroxyl groups excluding tert-OH is 1. The van der Waals surface area contributed by atoms with Gasteiger partial charge in [-0.2, -0.15) is 0 Å². The van der Waals surface area contributed by atoms with Crippen molar-refractivity contribution in [2.24, 2.45) is 57.2 Å². The van der Waals surface area contributed by atoms with Crippen LogP contribution in [-0.4, -0.2) is 29.6 Å². The Bertz CT molecular complexity index is 801. The van der Waals surface area contributed by atoms with E-state index in [1.165, 1.54) is 51.4 Å². The van der Waals surface area contributed by atoms with Gasteiger partial charge in [0.15, 0.2) is 0 Å². The molecule has 0 aromatic rings. The molecule has 188 valence electrons. The Kier molecular flexibility index (Phi) is 4.94. The molecule has 2 N–H and O–H groups in total. The largest absolute Gasteiger partial charge is 0.393 e. The van der Waals surface area contributed by atoms with Crippen molar-refractivity contribution in [3.63, 3.8) is 0 Å². The third kappa shape index (κ3) is 2.80. The molecular weight excluding hydrogens is 406 g/mol. The zero-order valence-electron chi connectivity index (χ0n) is 22.5. The standard InChI is InChI=1S/C30H51NO2/c1-18-8-15-30(31-17-18)19(2)25-20(33-30)16-23-28(6)12-9-21-26(3,4)24(32)11-14-27(21,5)22(28)10-13-29(23,25)7/h18-25,31-32H,8-17H2,1-7H3/t18?,19?,20?,21?,22?,23?,24-,25?,27-,28+,29-,30-/m0/s1. The molecule has 33 heavy (non-hydrogen) atoms. The molecule has 12 atom stereocenters. The first-order chi connectivity index (χ1) is 15.4. The summed E-state index contributed by atoms with van der Waals surface area (Å²) in [6, 6.07) is 0. The summed E-state index contributed by atoms with van der Waals surface area (Å²) < 4.78 is 7.09. The monoisotopic (exact) mass is 457 g/mol. The van der Waals surface area contributed by atoms with E-state index in [-0.39, 0.29) is 17.2 Å². The number of hydrogen-bond acceptors (Lipinski definition) is 3. The molecule has 1 spiro atoms. The van der Waals surface area contributed by atoms with Gasteiger partial charge in [-0.05, 0) is 109 Å². The first-order valence-electron chi connectivity index (χ1n) is 14.5. The molecule has 0 radical (unpaired) electrons. The lowest BCUT2D eigenvalue weighted by atomic mass is 9.36. The molecule has 7 unspecified atom stereocenters. The highest BCUT2D eigenvalue weighted by atomic mass is 16.5. The second kappa shape index (κ2) is 7.00. The zero-order chi connectivity index (χ0) is 23.6. The molecule has 0 aromatic heterocycles. The van der Waals surface area contributed by atoms with Crippen molar-refractivity contribution in [1.29, 1.82) is 0 Å². The summed E-state index contributed by atoms with van der Waals surface area (Å²) in [7, 11) is 0. The van der Waals surface area contributed by atoms with Crippen LogP contribution < -0.4 is 5.32 Å². The van der Waals surface area contributed by atoms with E-state index in [1.807, 2.05) is 0 Å². The van der Waals surface area contributed by atoms with E-state index in [2.05, 4.69) is 53.8 Å². The topological polar surface area (TPSA) is 41.5 Å². The van der Waals surface area contributed by atoms with Crippen LogP contribution in [0.25, 0.3) is 0 Å². The van der Waals surface area contributed by atoms with Crippen molar-refractivity contribution in [3.8, 4) is 0 Å². The third-order valence-electron chi connectivity index (χ3n) is 13.7. The summed E-state index contributed by atoms with van der Waals surface area (Å²) in [6.07, 6.45) is 11.7. The average molecular weight is 458 g/mol. The molecule has 6 rings (SSSR count). The average Bonchev–Trinajstić information content (AvgIpc) is 3.19. The van der Waals surface area contributed by atoms with Gasteiger partial charge >= 0.3 is 0 Å². The Morgan fingerprint density at radius 2 is 1.39 bits per heavy atom. The molecule has 2 aliphatic heterocycles. The Hall–Kier alpha value is -0.120. The van der Waals surface area contributed by atoms with Gasteiger partial charge in [0.25, 0.3) is 0 Å². The van der Waals surface area contributed by atoms with Crippen LogP contribution in [0.5, 0.6) is 0 Å². The summed E-state index contributed by atoms with van der Waals surface area (Å²) in [6.45, 7) is 18.8. The molecule has 3 heteroatoms. The maximum atomic E-state index is 10.9. The second-order valence-electron chi connectivity index (χ2n) is 15.2. The van der Waals surface area contributed by atoms with Crippen molar-refractivity contribution >= 4 is 0 Å². The normalized spacial score (nSPS) is 61.8. The van der Waals surface area contributed by atoms with Crippen LogP contribution in [0.2, 0.25) is 0 Å². The van der Waals surface area contributed by atoms with Gasteiger partial charge in [0.05, 0.1) is 12.2 Å². The predicted octanol–water partition coefficient (Wildman–Crippen LogP) is 6.39. The van der Waals surface area contributed by atoms with Gasteiger partial charge in [-0.25, -0.2) is 0 Å². The Balaban J connectivity index is 1.31.